The average Bonchev–Trinajstić information content (AvgIpc) is 2.57. The molecule has 0 bridgehead atoms. The minimum absolute atomic E-state index is 0.0566. The standard InChI is InChI=1S/C18H19Cl2NO2/c1-12(13-8-5-4-6-9-13)17(22-2)18(23-3)21-16-14(19)10-7-11-15(16)20/h4-12,17H,1-3H3. The van der Waals surface area contributed by atoms with Gasteiger partial charge in [0.25, 0.3) is 0 Å². The van der Waals surface area contributed by atoms with Crippen LogP contribution in [0, 0.1) is 0 Å². The molecule has 0 heterocycles. The van der Waals surface area contributed by atoms with E-state index in [4.69, 9.17) is 32.7 Å². The molecule has 0 fully saturated rings. The highest BCUT2D eigenvalue weighted by Gasteiger charge is 2.26. The Bertz CT molecular complexity index is 654. The molecule has 0 saturated heterocycles. The lowest BCUT2D eigenvalue weighted by Gasteiger charge is -2.23. The van der Waals surface area contributed by atoms with E-state index in [9.17, 15) is 0 Å². The van der Waals surface area contributed by atoms with Crippen molar-refractivity contribution in [3.8, 4) is 0 Å². The predicted octanol–water partition coefficient (Wildman–Crippen LogP) is 5.49. The Morgan fingerprint density at radius 3 is 2.09 bits per heavy atom. The quantitative estimate of drug-likeness (QED) is 0.526. The van der Waals surface area contributed by atoms with Gasteiger partial charge in [0.1, 0.15) is 11.8 Å². The van der Waals surface area contributed by atoms with Gasteiger partial charge in [-0.15, -0.1) is 0 Å². The van der Waals surface area contributed by atoms with Gasteiger partial charge in [-0.05, 0) is 17.7 Å². The second-order valence-corrected chi connectivity index (χ2v) is 5.89. The zero-order valence-corrected chi connectivity index (χ0v) is 14.8. The highest BCUT2D eigenvalue weighted by Crippen LogP contribution is 2.34. The summed E-state index contributed by atoms with van der Waals surface area (Å²) in [5.74, 6) is 0.486. The summed E-state index contributed by atoms with van der Waals surface area (Å²) in [4.78, 5) is 4.50. The summed E-state index contributed by atoms with van der Waals surface area (Å²) in [5, 5.41) is 0.934. The molecule has 2 aromatic carbocycles. The number of para-hydroxylation sites is 1. The molecule has 2 atom stereocenters. The molecule has 2 unspecified atom stereocenters. The monoisotopic (exact) mass is 351 g/mol. The van der Waals surface area contributed by atoms with Crippen LogP contribution in [0.2, 0.25) is 10.0 Å². The number of rotatable bonds is 5. The van der Waals surface area contributed by atoms with Gasteiger partial charge in [-0.3, -0.25) is 0 Å². The number of hydrogen-bond acceptors (Lipinski definition) is 3. The van der Waals surface area contributed by atoms with Crippen LogP contribution in [0.4, 0.5) is 5.69 Å². The molecule has 23 heavy (non-hydrogen) atoms. The third kappa shape index (κ3) is 4.25. The summed E-state index contributed by atoms with van der Waals surface area (Å²) < 4.78 is 11.1. The normalized spacial score (nSPS) is 14.4. The molecular weight excluding hydrogens is 333 g/mol. The van der Waals surface area contributed by atoms with Crippen LogP contribution in [0.3, 0.4) is 0 Å². The summed E-state index contributed by atoms with van der Waals surface area (Å²) in [6, 6.07) is 15.3. The van der Waals surface area contributed by atoms with Gasteiger partial charge in [-0.1, -0.05) is 66.5 Å². The lowest BCUT2D eigenvalue weighted by molar-refractivity contribution is 0.116. The average molecular weight is 352 g/mol. The van der Waals surface area contributed by atoms with E-state index in [0.717, 1.165) is 5.56 Å². The van der Waals surface area contributed by atoms with Gasteiger partial charge >= 0.3 is 0 Å². The Balaban J connectivity index is 2.39. The lowest BCUT2D eigenvalue weighted by atomic mass is 9.95. The van der Waals surface area contributed by atoms with E-state index in [-0.39, 0.29) is 12.0 Å². The highest BCUT2D eigenvalue weighted by molar-refractivity contribution is 6.38. The molecule has 3 nitrogen and oxygen atoms in total. The molecule has 2 aromatic rings. The minimum Gasteiger partial charge on any atom is -0.482 e. The summed E-state index contributed by atoms with van der Waals surface area (Å²) in [6.07, 6.45) is -0.352. The summed E-state index contributed by atoms with van der Waals surface area (Å²) in [5.41, 5.74) is 1.62. The second-order valence-electron chi connectivity index (χ2n) is 5.08. The van der Waals surface area contributed by atoms with E-state index >= 15 is 0 Å². The maximum absolute atomic E-state index is 6.19. The van der Waals surface area contributed by atoms with Gasteiger partial charge in [-0.2, -0.15) is 0 Å². The molecule has 0 N–H and O–H groups in total. The van der Waals surface area contributed by atoms with Crippen LogP contribution in [0.25, 0.3) is 0 Å². The maximum atomic E-state index is 6.19. The van der Waals surface area contributed by atoms with E-state index in [1.165, 1.54) is 0 Å². The number of hydrogen-bond donors (Lipinski definition) is 0. The molecule has 0 saturated carbocycles. The molecule has 5 heteroatoms. The van der Waals surface area contributed by atoms with E-state index in [1.54, 1.807) is 32.4 Å². The molecule has 0 aromatic heterocycles. The van der Waals surface area contributed by atoms with Crippen molar-refractivity contribution in [3.63, 3.8) is 0 Å². The van der Waals surface area contributed by atoms with Crippen LogP contribution in [-0.2, 0) is 9.47 Å². The van der Waals surface area contributed by atoms with Crippen molar-refractivity contribution < 1.29 is 9.47 Å². The number of aliphatic imine (C=N–C) groups is 1. The fourth-order valence-electron chi connectivity index (χ4n) is 2.38. The van der Waals surface area contributed by atoms with Crippen LogP contribution in [0.1, 0.15) is 18.4 Å². The zero-order valence-electron chi connectivity index (χ0n) is 13.3. The van der Waals surface area contributed by atoms with Gasteiger partial charge in [0.2, 0.25) is 5.90 Å². The summed E-state index contributed by atoms with van der Waals surface area (Å²) >= 11 is 12.4. The Kier molecular flexibility index (Phi) is 6.46. The van der Waals surface area contributed by atoms with Crippen molar-refractivity contribution in [1.29, 1.82) is 0 Å². The molecule has 0 aliphatic heterocycles. The fourth-order valence-corrected chi connectivity index (χ4v) is 2.86. The molecule has 0 aliphatic carbocycles. The zero-order chi connectivity index (χ0) is 16.8. The summed E-state index contributed by atoms with van der Waals surface area (Å²) in [7, 11) is 3.19. The van der Waals surface area contributed by atoms with E-state index < -0.39 is 0 Å². The van der Waals surface area contributed by atoms with Crippen LogP contribution < -0.4 is 0 Å². The van der Waals surface area contributed by atoms with E-state index in [1.807, 2.05) is 30.3 Å². The first-order chi connectivity index (χ1) is 11.1. The largest absolute Gasteiger partial charge is 0.482 e. The number of halogens is 2. The van der Waals surface area contributed by atoms with Gasteiger partial charge in [0.15, 0.2) is 0 Å². The van der Waals surface area contributed by atoms with Crippen LogP contribution >= 0.6 is 23.2 Å². The lowest BCUT2D eigenvalue weighted by Crippen LogP contribution is -2.30. The first-order valence-corrected chi connectivity index (χ1v) is 7.98. The molecule has 0 spiro atoms. The van der Waals surface area contributed by atoms with Crippen LogP contribution in [0.15, 0.2) is 53.5 Å². The second kappa shape index (κ2) is 8.34. The Hall–Kier alpha value is -1.55. The number of methoxy groups -OCH3 is 2. The van der Waals surface area contributed by atoms with Gasteiger partial charge in [0, 0.05) is 13.0 Å². The van der Waals surface area contributed by atoms with Gasteiger partial charge in [0.05, 0.1) is 17.2 Å². The number of nitrogens with zero attached hydrogens (tertiary/aromatic N) is 1. The molecule has 2 rings (SSSR count). The minimum atomic E-state index is -0.352. The molecular formula is C18H19Cl2NO2. The maximum Gasteiger partial charge on any atom is 0.218 e. The van der Waals surface area contributed by atoms with Crippen molar-refractivity contribution in [2.45, 2.75) is 18.9 Å². The first kappa shape index (κ1) is 17.8. The van der Waals surface area contributed by atoms with Crippen molar-refractivity contribution in [3.05, 3.63) is 64.1 Å². The van der Waals surface area contributed by atoms with Crippen molar-refractivity contribution in [2.24, 2.45) is 4.99 Å². The van der Waals surface area contributed by atoms with Crippen molar-refractivity contribution >= 4 is 34.8 Å². The van der Waals surface area contributed by atoms with Crippen molar-refractivity contribution in [2.75, 3.05) is 14.2 Å². The van der Waals surface area contributed by atoms with E-state index in [0.29, 0.717) is 21.6 Å². The van der Waals surface area contributed by atoms with Gasteiger partial charge < -0.3 is 9.47 Å². The van der Waals surface area contributed by atoms with Crippen LogP contribution in [-0.4, -0.2) is 26.2 Å². The van der Waals surface area contributed by atoms with E-state index in [2.05, 4.69) is 11.9 Å². The number of ether oxygens (including phenoxy) is 2. The SMILES string of the molecule is COC(=Nc1c(Cl)cccc1Cl)C(OC)C(C)c1ccccc1. The fraction of sp³-hybridized carbons (Fsp3) is 0.278. The summed E-state index contributed by atoms with van der Waals surface area (Å²) in [6.45, 7) is 2.06. The van der Waals surface area contributed by atoms with Gasteiger partial charge in [-0.25, -0.2) is 4.99 Å². The van der Waals surface area contributed by atoms with Crippen molar-refractivity contribution in [1.82, 2.24) is 0 Å². The Morgan fingerprint density at radius 2 is 1.57 bits per heavy atom. The Morgan fingerprint density at radius 1 is 0.957 bits per heavy atom. The molecule has 0 aliphatic rings. The molecule has 0 amide bonds. The molecule has 122 valence electrons. The topological polar surface area (TPSA) is 30.8 Å². The predicted molar refractivity (Wildman–Crippen MR) is 96.2 cm³/mol. The molecule has 0 radical (unpaired) electrons. The first-order valence-electron chi connectivity index (χ1n) is 7.22. The Labute approximate surface area is 146 Å². The van der Waals surface area contributed by atoms with Crippen LogP contribution in [0.5, 0.6) is 0 Å². The number of benzene rings is 2. The third-order valence-corrected chi connectivity index (χ3v) is 4.26. The third-order valence-electron chi connectivity index (χ3n) is 3.65. The smallest absolute Gasteiger partial charge is 0.218 e. The highest BCUT2D eigenvalue weighted by atomic mass is 35.5.